The van der Waals surface area contributed by atoms with Gasteiger partial charge in [-0.1, -0.05) is 12.1 Å². The van der Waals surface area contributed by atoms with Gasteiger partial charge in [0.05, 0.1) is 0 Å². The van der Waals surface area contributed by atoms with Crippen LogP contribution in [0.25, 0.3) is 0 Å². The minimum atomic E-state index is -1.08. The highest BCUT2D eigenvalue weighted by molar-refractivity contribution is 5.86. The van der Waals surface area contributed by atoms with Crippen molar-refractivity contribution in [2.75, 3.05) is 6.54 Å². The number of amides is 1. The molecule has 0 aliphatic rings. The van der Waals surface area contributed by atoms with Crippen LogP contribution in [0.5, 0.6) is 0 Å². The maximum Gasteiger partial charge on any atom is 0.352 e. The summed E-state index contributed by atoms with van der Waals surface area (Å²) in [5.74, 6) is -1.67. The molecule has 1 amide bonds. The Morgan fingerprint density at radius 3 is 2.76 bits per heavy atom. The lowest BCUT2D eigenvalue weighted by molar-refractivity contribution is -0.121. The molecule has 2 rings (SSSR count). The van der Waals surface area contributed by atoms with Crippen LogP contribution in [0.2, 0.25) is 0 Å². The molecule has 0 bridgehead atoms. The highest BCUT2D eigenvalue weighted by Gasteiger charge is 2.11. The second kappa shape index (κ2) is 6.69. The Kier molecular flexibility index (Phi) is 4.71. The van der Waals surface area contributed by atoms with Gasteiger partial charge in [-0.05, 0) is 36.2 Å². The third-order valence-electron chi connectivity index (χ3n) is 2.99. The molecule has 110 valence electrons. The summed E-state index contributed by atoms with van der Waals surface area (Å²) in [5.41, 5.74) is 0.859. The van der Waals surface area contributed by atoms with E-state index in [0.29, 0.717) is 13.0 Å². The van der Waals surface area contributed by atoms with E-state index in [1.165, 1.54) is 29.0 Å². The molecule has 1 aromatic heterocycles. The van der Waals surface area contributed by atoms with Crippen LogP contribution in [0.4, 0.5) is 4.39 Å². The SMILES string of the molecule is O=C(Cn1cccc1C(=O)O)NCCc1cccc(F)c1. The van der Waals surface area contributed by atoms with Gasteiger partial charge in [0.1, 0.15) is 18.1 Å². The van der Waals surface area contributed by atoms with Gasteiger partial charge in [-0.2, -0.15) is 0 Å². The molecule has 0 saturated heterocycles. The zero-order valence-corrected chi connectivity index (χ0v) is 11.3. The van der Waals surface area contributed by atoms with E-state index in [1.54, 1.807) is 18.2 Å². The van der Waals surface area contributed by atoms with E-state index in [4.69, 9.17) is 5.11 Å². The molecule has 1 aromatic carbocycles. The first kappa shape index (κ1) is 14.8. The number of halogens is 1. The van der Waals surface area contributed by atoms with E-state index in [2.05, 4.69) is 5.32 Å². The lowest BCUT2D eigenvalue weighted by atomic mass is 10.1. The molecule has 0 fully saturated rings. The summed E-state index contributed by atoms with van der Waals surface area (Å²) in [7, 11) is 0. The van der Waals surface area contributed by atoms with E-state index in [-0.39, 0.29) is 24.0 Å². The van der Waals surface area contributed by atoms with E-state index in [0.717, 1.165) is 5.56 Å². The third kappa shape index (κ3) is 4.17. The van der Waals surface area contributed by atoms with Crippen molar-refractivity contribution in [2.24, 2.45) is 0 Å². The molecule has 0 unspecified atom stereocenters. The summed E-state index contributed by atoms with van der Waals surface area (Å²) in [6, 6.07) is 9.18. The smallest absolute Gasteiger partial charge is 0.352 e. The zero-order valence-electron chi connectivity index (χ0n) is 11.3. The quantitative estimate of drug-likeness (QED) is 0.850. The van der Waals surface area contributed by atoms with Crippen LogP contribution in [0.1, 0.15) is 16.1 Å². The number of aromatic carboxylic acids is 1. The predicted molar refractivity (Wildman–Crippen MR) is 74.5 cm³/mol. The van der Waals surface area contributed by atoms with Crippen molar-refractivity contribution in [1.29, 1.82) is 0 Å². The average Bonchev–Trinajstić information content (AvgIpc) is 2.87. The molecule has 0 radical (unpaired) electrons. The van der Waals surface area contributed by atoms with Crippen LogP contribution < -0.4 is 5.32 Å². The monoisotopic (exact) mass is 290 g/mol. The minimum Gasteiger partial charge on any atom is -0.477 e. The Labute approximate surface area is 121 Å². The molecule has 0 spiro atoms. The predicted octanol–water partition coefficient (Wildman–Crippen LogP) is 1.68. The van der Waals surface area contributed by atoms with Crippen LogP contribution in [-0.2, 0) is 17.8 Å². The molecule has 1 heterocycles. The summed E-state index contributed by atoms with van der Waals surface area (Å²) in [4.78, 5) is 22.7. The summed E-state index contributed by atoms with van der Waals surface area (Å²) < 4.78 is 14.3. The summed E-state index contributed by atoms with van der Waals surface area (Å²) >= 11 is 0. The van der Waals surface area contributed by atoms with Crippen LogP contribution in [0.3, 0.4) is 0 Å². The van der Waals surface area contributed by atoms with Crippen molar-refractivity contribution < 1.29 is 19.1 Å². The van der Waals surface area contributed by atoms with E-state index >= 15 is 0 Å². The Morgan fingerprint density at radius 2 is 2.05 bits per heavy atom. The topological polar surface area (TPSA) is 71.3 Å². The van der Waals surface area contributed by atoms with Gasteiger partial charge in [0.25, 0.3) is 0 Å². The molecule has 0 aliphatic heterocycles. The van der Waals surface area contributed by atoms with Gasteiger partial charge in [0.2, 0.25) is 5.91 Å². The van der Waals surface area contributed by atoms with Gasteiger partial charge >= 0.3 is 5.97 Å². The van der Waals surface area contributed by atoms with Crippen LogP contribution >= 0.6 is 0 Å². The number of benzene rings is 1. The molecule has 2 N–H and O–H groups in total. The third-order valence-corrected chi connectivity index (χ3v) is 2.99. The summed E-state index contributed by atoms with van der Waals surface area (Å²) in [6.45, 7) is 0.309. The lowest BCUT2D eigenvalue weighted by Crippen LogP contribution is -2.30. The summed E-state index contributed by atoms with van der Waals surface area (Å²) in [5, 5.41) is 11.6. The van der Waals surface area contributed by atoms with Crippen molar-refractivity contribution in [3.63, 3.8) is 0 Å². The van der Waals surface area contributed by atoms with Crippen molar-refractivity contribution in [3.8, 4) is 0 Å². The Bertz CT molecular complexity index is 652. The van der Waals surface area contributed by atoms with E-state index in [9.17, 15) is 14.0 Å². The van der Waals surface area contributed by atoms with Gasteiger partial charge in [-0.3, -0.25) is 4.79 Å². The number of nitrogens with one attached hydrogen (secondary N) is 1. The van der Waals surface area contributed by atoms with Crippen molar-refractivity contribution in [3.05, 3.63) is 59.7 Å². The number of hydrogen-bond donors (Lipinski definition) is 2. The standard InChI is InChI=1S/C15H15FN2O3/c16-12-4-1-3-11(9-12)6-7-17-14(19)10-18-8-2-5-13(18)15(20)21/h1-5,8-9H,6-7,10H2,(H,17,19)(H,20,21). The first-order chi connectivity index (χ1) is 10.1. The van der Waals surface area contributed by atoms with Gasteiger partial charge < -0.3 is 15.0 Å². The first-order valence-corrected chi connectivity index (χ1v) is 6.46. The fourth-order valence-electron chi connectivity index (χ4n) is 2.00. The summed E-state index contributed by atoms with van der Waals surface area (Å²) in [6.07, 6.45) is 2.05. The number of aromatic nitrogens is 1. The Morgan fingerprint density at radius 1 is 1.24 bits per heavy atom. The van der Waals surface area contributed by atoms with E-state index < -0.39 is 5.97 Å². The number of carboxylic acid groups (broad SMARTS) is 1. The molecule has 0 saturated carbocycles. The van der Waals surface area contributed by atoms with E-state index in [1.807, 2.05) is 0 Å². The molecule has 0 aliphatic carbocycles. The number of nitrogens with zero attached hydrogens (tertiary/aromatic N) is 1. The Balaban J connectivity index is 1.82. The van der Waals surface area contributed by atoms with Gasteiger partial charge in [-0.25, -0.2) is 9.18 Å². The molecule has 0 atom stereocenters. The number of carbonyl (C=O) groups excluding carboxylic acids is 1. The average molecular weight is 290 g/mol. The fraction of sp³-hybridized carbons (Fsp3) is 0.200. The van der Waals surface area contributed by atoms with Crippen LogP contribution in [0.15, 0.2) is 42.6 Å². The molecule has 5 nitrogen and oxygen atoms in total. The van der Waals surface area contributed by atoms with Crippen molar-refractivity contribution in [1.82, 2.24) is 9.88 Å². The second-order valence-corrected chi connectivity index (χ2v) is 4.56. The van der Waals surface area contributed by atoms with Crippen LogP contribution in [-0.4, -0.2) is 28.1 Å². The molecule has 6 heteroatoms. The second-order valence-electron chi connectivity index (χ2n) is 4.56. The van der Waals surface area contributed by atoms with Crippen molar-refractivity contribution in [2.45, 2.75) is 13.0 Å². The minimum absolute atomic E-state index is 0.0578. The largest absolute Gasteiger partial charge is 0.477 e. The van der Waals surface area contributed by atoms with Crippen molar-refractivity contribution >= 4 is 11.9 Å². The fourth-order valence-corrected chi connectivity index (χ4v) is 2.00. The van der Waals surface area contributed by atoms with Gasteiger partial charge in [-0.15, -0.1) is 0 Å². The molecule has 2 aromatic rings. The number of carboxylic acids is 1. The molecule has 21 heavy (non-hydrogen) atoms. The van der Waals surface area contributed by atoms with Crippen LogP contribution in [0, 0.1) is 5.82 Å². The molecular weight excluding hydrogens is 275 g/mol. The number of hydrogen-bond acceptors (Lipinski definition) is 2. The van der Waals surface area contributed by atoms with Gasteiger partial charge in [0, 0.05) is 12.7 Å². The number of carbonyl (C=O) groups is 2. The first-order valence-electron chi connectivity index (χ1n) is 6.46. The maximum atomic E-state index is 13.0. The Hall–Kier alpha value is -2.63. The maximum absolute atomic E-state index is 13.0. The highest BCUT2D eigenvalue weighted by Crippen LogP contribution is 2.04. The van der Waals surface area contributed by atoms with Gasteiger partial charge in [0.15, 0.2) is 0 Å². The number of rotatable bonds is 6. The zero-order chi connectivity index (χ0) is 15.2. The normalized spacial score (nSPS) is 10.3. The lowest BCUT2D eigenvalue weighted by Gasteiger charge is -2.08. The highest BCUT2D eigenvalue weighted by atomic mass is 19.1. The molecular formula is C15H15FN2O3.